The van der Waals surface area contributed by atoms with Crippen LogP contribution in [0.25, 0.3) is 6.08 Å². The molecule has 1 amide bonds. The molecule has 1 aromatic rings. The van der Waals surface area contributed by atoms with Crippen LogP contribution in [0, 0.1) is 17.0 Å². The van der Waals surface area contributed by atoms with Crippen LogP contribution in [0.4, 0.5) is 5.69 Å². The molecule has 84 valence electrons. The third-order valence-corrected chi connectivity index (χ3v) is 2.05. The molecule has 0 aromatic heterocycles. The topological polar surface area (TPSA) is 86.2 Å². The lowest BCUT2D eigenvalue weighted by Gasteiger charge is -1.98. The van der Waals surface area contributed by atoms with Crippen molar-refractivity contribution in [2.75, 3.05) is 0 Å². The van der Waals surface area contributed by atoms with Gasteiger partial charge in [0.1, 0.15) is 0 Å². The van der Waals surface area contributed by atoms with Crippen molar-refractivity contribution in [1.82, 2.24) is 0 Å². The highest BCUT2D eigenvalue weighted by Crippen LogP contribution is 2.19. The van der Waals surface area contributed by atoms with Crippen LogP contribution < -0.4 is 5.73 Å². The quantitative estimate of drug-likeness (QED) is 0.619. The van der Waals surface area contributed by atoms with Gasteiger partial charge in [-0.05, 0) is 24.6 Å². The average molecular weight is 220 g/mol. The van der Waals surface area contributed by atoms with Crippen LogP contribution in [0.2, 0.25) is 0 Å². The maximum atomic E-state index is 10.6. The summed E-state index contributed by atoms with van der Waals surface area (Å²) in [6, 6.07) is 4.76. The van der Waals surface area contributed by atoms with Crippen LogP contribution in [-0.2, 0) is 4.79 Å². The van der Waals surface area contributed by atoms with E-state index in [2.05, 4.69) is 0 Å². The Morgan fingerprint density at radius 2 is 2.25 bits per heavy atom. The molecule has 0 saturated carbocycles. The number of hydrogen-bond acceptors (Lipinski definition) is 3. The molecule has 1 aromatic carbocycles. The minimum atomic E-state index is -0.424. The lowest BCUT2D eigenvalue weighted by atomic mass is 10.1. The normalized spacial score (nSPS) is 10.6. The van der Waals surface area contributed by atoms with E-state index >= 15 is 0 Å². The number of nitro benzene ring substituents is 1. The van der Waals surface area contributed by atoms with Crippen molar-refractivity contribution in [3.05, 3.63) is 45.5 Å². The molecule has 0 aliphatic rings. The number of rotatable bonds is 4. The first-order chi connectivity index (χ1) is 7.50. The van der Waals surface area contributed by atoms with Gasteiger partial charge < -0.3 is 5.73 Å². The summed E-state index contributed by atoms with van der Waals surface area (Å²) >= 11 is 0. The van der Waals surface area contributed by atoms with E-state index in [-0.39, 0.29) is 12.1 Å². The number of primary amides is 1. The van der Waals surface area contributed by atoms with E-state index in [0.717, 1.165) is 5.56 Å². The van der Waals surface area contributed by atoms with Gasteiger partial charge >= 0.3 is 0 Å². The number of nitrogens with zero attached hydrogens (tertiary/aromatic N) is 1. The molecule has 0 bridgehead atoms. The fraction of sp³-hybridized carbons (Fsp3) is 0.182. The number of nitrogens with two attached hydrogens (primary N) is 1. The lowest BCUT2D eigenvalue weighted by molar-refractivity contribution is -0.385. The molecule has 0 spiro atoms. The maximum Gasteiger partial charge on any atom is 0.272 e. The summed E-state index contributed by atoms with van der Waals surface area (Å²) in [4.78, 5) is 20.6. The van der Waals surface area contributed by atoms with Gasteiger partial charge in [0.05, 0.1) is 4.92 Å². The molecule has 16 heavy (non-hydrogen) atoms. The second kappa shape index (κ2) is 5.06. The molecule has 0 unspecified atom stereocenters. The van der Waals surface area contributed by atoms with Gasteiger partial charge in [-0.25, -0.2) is 0 Å². The number of carbonyl (C=O) groups excluding carboxylic acids is 1. The van der Waals surface area contributed by atoms with E-state index in [4.69, 9.17) is 5.73 Å². The Morgan fingerprint density at radius 1 is 1.56 bits per heavy atom. The summed E-state index contributed by atoms with van der Waals surface area (Å²) in [6.07, 6.45) is 3.50. The number of nitro groups is 1. The zero-order chi connectivity index (χ0) is 12.1. The molecule has 1 rings (SSSR count). The molecule has 0 aliphatic heterocycles. The van der Waals surface area contributed by atoms with Gasteiger partial charge in [0, 0.05) is 18.1 Å². The molecule has 5 nitrogen and oxygen atoms in total. The maximum absolute atomic E-state index is 10.6. The molecule has 0 saturated heterocycles. The highest BCUT2D eigenvalue weighted by molar-refractivity contribution is 5.76. The predicted octanol–water partition coefficient (Wildman–Crippen LogP) is 1.79. The van der Waals surface area contributed by atoms with Gasteiger partial charge in [0.2, 0.25) is 5.91 Å². The van der Waals surface area contributed by atoms with E-state index < -0.39 is 10.8 Å². The van der Waals surface area contributed by atoms with E-state index in [9.17, 15) is 14.9 Å². The zero-order valence-electron chi connectivity index (χ0n) is 8.84. The Bertz CT molecular complexity index is 453. The van der Waals surface area contributed by atoms with Crippen molar-refractivity contribution in [1.29, 1.82) is 0 Å². The number of hydrogen-bond donors (Lipinski definition) is 1. The average Bonchev–Trinajstić information content (AvgIpc) is 2.16. The van der Waals surface area contributed by atoms with Crippen molar-refractivity contribution in [2.24, 2.45) is 5.73 Å². The van der Waals surface area contributed by atoms with Crippen LogP contribution >= 0.6 is 0 Å². The first-order valence-corrected chi connectivity index (χ1v) is 4.70. The van der Waals surface area contributed by atoms with Crippen LogP contribution in [0.3, 0.4) is 0 Å². The van der Waals surface area contributed by atoms with Crippen LogP contribution in [-0.4, -0.2) is 10.8 Å². The van der Waals surface area contributed by atoms with Gasteiger partial charge in [-0.1, -0.05) is 12.2 Å². The first kappa shape index (κ1) is 11.9. The third-order valence-electron chi connectivity index (χ3n) is 2.05. The van der Waals surface area contributed by atoms with E-state index in [0.29, 0.717) is 5.56 Å². The summed E-state index contributed by atoms with van der Waals surface area (Å²) in [5, 5.41) is 10.6. The monoisotopic (exact) mass is 220 g/mol. The molecule has 0 aliphatic carbocycles. The van der Waals surface area contributed by atoms with Crippen LogP contribution in [0.15, 0.2) is 24.3 Å². The van der Waals surface area contributed by atoms with Crippen molar-refractivity contribution >= 4 is 17.7 Å². The van der Waals surface area contributed by atoms with E-state index in [1.807, 2.05) is 0 Å². The molecule has 5 heteroatoms. The van der Waals surface area contributed by atoms with Gasteiger partial charge in [-0.2, -0.15) is 0 Å². The number of carbonyl (C=O) groups is 1. The van der Waals surface area contributed by atoms with Gasteiger partial charge in [-0.15, -0.1) is 0 Å². The summed E-state index contributed by atoms with van der Waals surface area (Å²) in [7, 11) is 0. The van der Waals surface area contributed by atoms with Crippen molar-refractivity contribution < 1.29 is 9.72 Å². The smallest absolute Gasteiger partial charge is 0.272 e. The highest BCUT2D eigenvalue weighted by Gasteiger charge is 2.08. The minimum Gasteiger partial charge on any atom is -0.369 e. The Labute approximate surface area is 92.7 Å². The second-order valence-corrected chi connectivity index (χ2v) is 3.38. The van der Waals surface area contributed by atoms with Crippen molar-refractivity contribution in [3.8, 4) is 0 Å². The summed E-state index contributed by atoms with van der Waals surface area (Å²) in [5.41, 5.74) is 6.46. The molecule has 0 radical (unpaired) electrons. The number of aryl methyl sites for hydroxylation is 1. The molecule has 2 N–H and O–H groups in total. The summed E-state index contributed by atoms with van der Waals surface area (Å²) in [5.74, 6) is -0.408. The van der Waals surface area contributed by atoms with E-state index in [1.165, 1.54) is 6.07 Å². The fourth-order valence-corrected chi connectivity index (χ4v) is 1.30. The Kier molecular flexibility index (Phi) is 3.77. The highest BCUT2D eigenvalue weighted by atomic mass is 16.6. The summed E-state index contributed by atoms with van der Waals surface area (Å²) < 4.78 is 0. The molecule has 0 heterocycles. The Morgan fingerprint density at radius 3 is 2.75 bits per heavy atom. The lowest BCUT2D eigenvalue weighted by Crippen LogP contribution is -2.07. The first-order valence-electron chi connectivity index (χ1n) is 4.70. The molecule has 0 atom stereocenters. The van der Waals surface area contributed by atoms with Crippen molar-refractivity contribution in [3.63, 3.8) is 0 Å². The summed E-state index contributed by atoms with van der Waals surface area (Å²) in [6.45, 7) is 1.67. The largest absolute Gasteiger partial charge is 0.369 e. The molecular weight excluding hydrogens is 208 g/mol. The Hall–Kier alpha value is -2.17. The van der Waals surface area contributed by atoms with E-state index in [1.54, 1.807) is 31.2 Å². The van der Waals surface area contributed by atoms with Crippen molar-refractivity contribution in [2.45, 2.75) is 13.3 Å². The predicted molar refractivity (Wildman–Crippen MR) is 60.7 cm³/mol. The number of amides is 1. The molecular formula is C11H12N2O3. The standard InChI is InChI=1S/C11H12N2O3/c1-8-7-9(3-2-4-11(12)14)5-6-10(8)13(15)16/h2-3,5-7H,4H2,1H3,(H2,12,14). The van der Waals surface area contributed by atoms with Crippen LogP contribution in [0.1, 0.15) is 17.5 Å². The zero-order valence-corrected chi connectivity index (χ0v) is 8.84. The van der Waals surface area contributed by atoms with Gasteiger partial charge in [0.25, 0.3) is 5.69 Å². The third kappa shape index (κ3) is 3.20. The van der Waals surface area contributed by atoms with Gasteiger partial charge in [-0.3, -0.25) is 14.9 Å². The number of benzene rings is 1. The fourth-order valence-electron chi connectivity index (χ4n) is 1.30. The van der Waals surface area contributed by atoms with Gasteiger partial charge in [0.15, 0.2) is 0 Å². The SMILES string of the molecule is Cc1cc(C=CCC(N)=O)ccc1[N+](=O)[O-]. The molecule has 0 fully saturated rings. The minimum absolute atomic E-state index is 0.0899. The van der Waals surface area contributed by atoms with Crippen LogP contribution in [0.5, 0.6) is 0 Å². The Balaban J connectivity index is 2.85. The second-order valence-electron chi connectivity index (χ2n) is 3.38.